The SMILES string of the molecule is O=Pc1cccnc1. The van der Waals surface area contributed by atoms with E-state index in [0.717, 1.165) is 0 Å². The Labute approximate surface area is 48.8 Å². The molecule has 0 unspecified atom stereocenters. The molecule has 0 aliphatic rings. The molecule has 0 aromatic carbocycles. The molecular weight excluding hydrogens is 121 g/mol. The Morgan fingerprint density at radius 1 is 1.62 bits per heavy atom. The molecule has 0 N–H and O–H groups in total. The second-order valence-electron chi connectivity index (χ2n) is 1.30. The van der Waals surface area contributed by atoms with Crippen molar-refractivity contribution in [1.29, 1.82) is 0 Å². The van der Waals surface area contributed by atoms with E-state index in [-0.39, 0.29) is 8.46 Å². The highest BCUT2D eigenvalue weighted by Gasteiger charge is 1.83. The van der Waals surface area contributed by atoms with Gasteiger partial charge in [-0.1, -0.05) is 0 Å². The first-order chi connectivity index (χ1) is 3.93. The van der Waals surface area contributed by atoms with Crippen molar-refractivity contribution in [2.24, 2.45) is 0 Å². The van der Waals surface area contributed by atoms with Crippen molar-refractivity contribution in [3.8, 4) is 0 Å². The Kier molecular flexibility index (Phi) is 1.70. The van der Waals surface area contributed by atoms with Crippen LogP contribution in [0.25, 0.3) is 0 Å². The van der Waals surface area contributed by atoms with Crippen molar-refractivity contribution >= 4 is 13.8 Å². The van der Waals surface area contributed by atoms with Gasteiger partial charge in [0.1, 0.15) is 0 Å². The summed E-state index contributed by atoms with van der Waals surface area (Å²) in [5.41, 5.74) is 0. The van der Waals surface area contributed by atoms with Crippen LogP contribution in [0, 0.1) is 0 Å². The van der Waals surface area contributed by atoms with Gasteiger partial charge in [-0.3, -0.25) is 9.55 Å². The Balaban J connectivity index is 2.99. The van der Waals surface area contributed by atoms with Crippen LogP contribution in [0.4, 0.5) is 0 Å². The van der Waals surface area contributed by atoms with Crippen molar-refractivity contribution < 1.29 is 4.57 Å². The van der Waals surface area contributed by atoms with Crippen molar-refractivity contribution in [3.05, 3.63) is 24.5 Å². The molecular formula is C5H4NOP. The van der Waals surface area contributed by atoms with E-state index < -0.39 is 0 Å². The van der Waals surface area contributed by atoms with Crippen LogP contribution in [0.2, 0.25) is 0 Å². The average molecular weight is 125 g/mol. The highest BCUT2D eigenvalue weighted by molar-refractivity contribution is 7.34. The highest BCUT2D eigenvalue weighted by atomic mass is 31.1. The molecule has 1 heterocycles. The second kappa shape index (κ2) is 2.53. The quantitative estimate of drug-likeness (QED) is 0.524. The van der Waals surface area contributed by atoms with E-state index in [0.29, 0.717) is 5.30 Å². The largest absolute Gasteiger partial charge is 0.269 e. The van der Waals surface area contributed by atoms with Crippen LogP contribution in [0.1, 0.15) is 0 Å². The molecule has 40 valence electrons. The topological polar surface area (TPSA) is 30.0 Å². The van der Waals surface area contributed by atoms with E-state index in [1.54, 1.807) is 24.5 Å². The maximum atomic E-state index is 10.1. The van der Waals surface area contributed by atoms with Gasteiger partial charge in [0.05, 0.1) is 5.30 Å². The summed E-state index contributed by atoms with van der Waals surface area (Å²) in [6, 6.07) is 3.50. The van der Waals surface area contributed by atoms with Gasteiger partial charge in [0.2, 0.25) is 0 Å². The molecule has 0 aliphatic heterocycles. The van der Waals surface area contributed by atoms with Crippen LogP contribution in [0.3, 0.4) is 0 Å². The Morgan fingerprint density at radius 2 is 2.50 bits per heavy atom. The molecule has 3 heteroatoms. The predicted molar refractivity (Wildman–Crippen MR) is 31.5 cm³/mol. The first-order valence-electron chi connectivity index (χ1n) is 2.17. The number of pyridine rings is 1. The van der Waals surface area contributed by atoms with E-state index in [9.17, 15) is 4.57 Å². The Bertz CT molecular complexity index is 175. The molecule has 0 aliphatic carbocycles. The maximum absolute atomic E-state index is 10.1. The van der Waals surface area contributed by atoms with E-state index in [4.69, 9.17) is 0 Å². The normalized spacial score (nSPS) is 9.50. The van der Waals surface area contributed by atoms with Gasteiger partial charge in [-0.25, -0.2) is 0 Å². The highest BCUT2D eigenvalue weighted by Crippen LogP contribution is 1.89. The van der Waals surface area contributed by atoms with Gasteiger partial charge in [-0.15, -0.1) is 0 Å². The first kappa shape index (κ1) is 5.39. The molecule has 0 radical (unpaired) electrons. The third-order valence-corrected chi connectivity index (χ3v) is 1.23. The van der Waals surface area contributed by atoms with E-state index in [2.05, 4.69) is 4.98 Å². The summed E-state index contributed by atoms with van der Waals surface area (Å²) in [5.74, 6) is 0. The number of hydrogen-bond donors (Lipinski definition) is 0. The lowest BCUT2D eigenvalue weighted by molar-refractivity contribution is 0.603. The number of hydrogen-bond acceptors (Lipinski definition) is 2. The van der Waals surface area contributed by atoms with Crippen LogP contribution < -0.4 is 5.30 Å². The zero-order valence-electron chi connectivity index (χ0n) is 4.11. The first-order valence-corrected chi connectivity index (χ1v) is 2.98. The molecule has 1 aromatic heterocycles. The third-order valence-electron chi connectivity index (χ3n) is 0.751. The molecule has 1 aromatic rings. The summed E-state index contributed by atoms with van der Waals surface area (Å²) >= 11 is 0. The fraction of sp³-hybridized carbons (Fsp3) is 0. The van der Waals surface area contributed by atoms with Crippen molar-refractivity contribution in [1.82, 2.24) is 4.98 Å². The second-order valence-corrected chi connectivity index (χ2v) is 2.00. The minimum atomic E-state index is 0.0369. The summed E-state index contributed by atoms with van der Waals surface area (Å²) in [5, 5.41) is 0.715. The van der Waals surface area contributed by atoms with Crippen LogP contribution in [0.5, 0.6) is 0 Å². The van der Waals surface area contributed by atoms with Crippen molar-refractivity contribution in [2.75, 3.05) is 0 Å². The summed E-state index contributed by atoms with van der Waals surface area (Å²) in [4.78, 5) is 3.75. The minimum absolute atomic E-state index is 0.0369. The van der Waals surface area contributed by atoms with Gasteiger partial charge < -0.3 is 0 Å². The molecule has 0 saturated carbocycles. The fourth-order valence-corrected chi connectivity index (χ4v) is 0.668. The lowest BCUT2D eigenvalue weighted by atomic mass is 10.5. The minimum Gasteiger partial charge on any atom is -0.269 e. The zero-order chi connectivity index (χ0) is 5.82. The van der Waals surface area contributed by atoms with Gasteiger partial charge in [0, 0.05) is 12.4 Å². The standard InChI is InChI=1S/C5H4NOP/c7-8-5-2-1-3-6-4-5/h1-4H. The molecule has 0 saturated heterocycles. The number of rotatable bonds is 1. The van der Waals surface area contributed by atoms with Gasteiger partial charge in [-0.05, 0) is 12.1 Å². The van der Waals surface area contributed by atoms with Crippen LogP contribution in [-0.2, 0) is 4.57 Å². The molecule has 8 heavy (non-hydrogen) atoms. The maximum Gasteiger partial charge on any atom is 0.193 e. The van der Waals surface area contributed by atoms with E-state index in [1.807, 2.05) is 0 Å². The summed E-state index contributed by atoms with van der Waals surface area (Å²) in [7, 11) is 0.0369. The smallest absolute Gasteiger partial charge is 0.193 e. The lowest BCUT2D eigenvalue weighted by Gasteiger charge is -1.80. The van der Waals surface area contributed by atoms with Crippen LogP contribution in [0.15, 0.2) is 24.5 Å². The summed E-state index contributed by atoms with van der Waals surface area (Å²) in [6.07, 6.45) is 3.21. The predicted octanol–water partition coefficient (Wildman–Crippen LogP) is 0.999. The van der Waals surface area contributed by atoms with Gasteiger partial charge in [0.15, 0.2) is 8.46 Å². The molecule has 0 bridgehead atoms. The number of nitrogens with zero attached hydrogens (tertiary/aromatic N) is 1. The number of aromatic nitrogens is 1. The van der Waals surface area contributed by atoms with Gasteiger partial charge >= 0.3 is 0 Å². The summed E-state index contributed by atoms with van der Waals surface area (Å²) in [6.45, 7) is 0. The van der Waals surface area contributed by atoms with E-state index in [1.165, 1.54) is 0 Å². The molecule has 0 spiro atoms. The van der Waals surface area contributed by atoms with Crippen LogP contribution in [-0.4, -0.2) is 4.98 Å². The Hall–Kier alpha value is -0.750. The molecule has 0 fully saturated rings. The van der Waals surface area contributed by atoms with Crippen LogP contribution >= 0.6 is 8.46 Å². The fourth-order valence-electron chi connectivity index (χ4n) is 0.408. The molecule has 2 nitrogen and oxygen atoms in total. The van der Waals surface area contributed by atoms with Gasteiger partial charge in [0.25, 0.3) is 0 Å². The monoisotopic (exact) mass is 125 g/mol. The molecule has 0 atom stereocenters. The molecule has 1 rings (SSSR count). The Morgan fingerprint density at radius 3 is 2.88 bits per heavy atom. The van der Waals surface area contributed by atoms with E-state index >= 15 is 0 Å². The van der Waals surface area contributed by atoms with Crippen molar-refractivity contribution in [3.63, 3.8) is 0 Å². The third kappa shape index (κ3) is 1.11. The summed E-state index contributed by atoms with van der Waals surface area (Å²) < 4.78 is 10.1. The average Bonchev–Trinajstić information content (AvgIpc) is 1.90. The zero-order valence-corrected chi connectivity index (χ0v) is 5.01. The lowest BCUT2D eigenvalue weighted by Crippen LogP contribution is -1.88. The van der Waals surface area contributed by atoms with Crippen molar-refractivity contribution in [2.45, 2.75) is 0 Å². The molecule has 0 amide bonds. The van der Waals surface area contributed by atoms with Gasteiger partial charge in [-0.2, -0.15) is 0 Å².